The topological polar surface area (TPSA) is 62.5 Å². The van der Waals surface area contributed by atoms with Crippen LogP contribution < -0.4 is 4.90 Å². The molecule has 1 aromatic carbocycles. The number of likely N-dealkylation sites (tertiary alicyclic amines) is 1. The number of aromatic nitrogens is 2. The SMILES string of the molecule is CN(Cc1cc(-c2ccccc2)no1)c1cc(C(=O)N2CCCC2)ccn1. The highest BCUT2D eigenvalue weighted by atomic mass is 16.5. The molecule has 27 heavy (non-hydrogen) atoms. The lowest BCUT2D eigenvalue weighted by atomic mass is 10.1. The van der Waals surface area contributed by atoms with Gasteiger partial charge >= 0.3 is 0 Å². The Hall–Kier alpha value is -3.15. The molecule has 1 saturated heterocycles. The molecule has 0 radical (unpaired) electrons. The molecule has 1 amide bonds. The third-order valence-corrected chi connectivity index (χ3v) is 4.80. The van der Waals surface area contributed by atoms with E-state index in [2.05, 4.69) is 10.1 Å². The van der Waals surface area contributed by atoms with Gasteiger partial charge in [0.1, 0.15) is 11.5 Å². The zero-order chi connectivity index (χ0) is 18.6. The number of hydrogen-bond donors (Lipinski definition) is 0. The van der Waals surface area contributed by atoms with Crippen molar-refractivity contribution in [1.82, 2.24) is 15.0 Å². The van der Waals surface area contributed by atoms with Gasteiger partial charge in [0.05, 0.1) is 6.54 Å². The Bertz CT molecular complexity index is 917. The number of rotatable bonds is 5. The van der Waals surface area contributed by atoms with Gasteiger partial charge in [0.15, 0.2) is 5.76 Å². The third-order valence-electron chi connectivity index (χ3n) is 4.80. The largest absolute Gasteiger partial charge is 0.359 e. The Kier molecular flexibility index (Phi) is 4.87. The van der Waals surface area contributed by atoms with Gasteiger partial charge in [-0.15, -0.1) is 0 Å². The van der Waals surface area contributed by atoms with Gasteiger partial charge in [-0.3, -0.25) is 4.79 Å². The summed E-state index contributed by atoms with van der Waals surface area (Å²) in [7, 11) is 1.93. The number of benzene rings is 1. The summed E-state index contributed by atoms with van der Waals surface area (Å²) in [5.41, 5.74) is 2.51. The molecule has 3 aromatic rings. The van der Waals surface area contributed by atoms with Crippen molar-refractivity contribution in [3.8, 4) is 11.3 Å². The van der Waals surface area contributed by atoms with E-state index in [9.17, 15) is 4.79 Å². The molecule has 4 rings (SSSR count). The van der Waals surface area contributed by atoms with Crippen LogP contribution in [0.3, 0.4) is 0 Å². The lowest BCUT2D eigenvalue weighted by Gasteiger charge is -2.19. The standard InChI is InChI=1S/C21H22N4O2/c1-24(15-18-14-19(23-27-18)16-7-3-2-4-8-16)20-13-17(9-10-22-20)21(26)25-11-5-6-12-25/h2-4,7-10,13-14H,5-6,11-12,15H2,1H3. The molecule has 0 spiro atoms. The Morgan fingerprint density at radius 1 is 1.15 bits per heavy atom. The molecule has 0 unspecified atom stereocenters. The molecule has 0 saturated carbocycles. The number of carbonyl (C=O) groups is 1. The number of anilines is 1. The van der Waals surface area contributed by atoms with E-state index in [4.69, 9.17) is 4.52 Å². The van der Waals surface area contributed by atoms with E-state index in [1.807, 2.05) is 59.3 Å². The molecule has 0 bridgehead atoms. The molecule has 138 valence electrons. The molecule has 2 aromatic heterocycles. The van der Waals surface area contributed by atoms with Crippen LogP contribution in [0.4, 0.5) is 5.82 Å². The van der Waals surface area contributed by atoms with Crippen LogP contribution in [0, 0.1) is 0 Å². The number of amides is 1. The van der Waals surface area contributed by atoms with Crippen LogP contribution >= 0.6 is 0 Å². The Labute approximate surface area is 158 Å². The van der Waals surface area contributed by atoms with Crippen LogP contribution in [0.1, 0.15) is 29.0 Å². The smallest absolute Gasteiger partial charge is 0.254 e. The fraction of sp³-hybridized carbons (Fsp3) is 0.286. The van der Waals surface area contributed by atoms with Crippen molar-refractivity contribution in [1.29, 1.82) is 0 Å². The molecule has 0 atom stereocenters. The second-order valence-electron chi connectivity index (χ2n) is 6.80. The summed E-state index contributed by atoms with van der Waals surface area (Å²) in [5.74, 6) is 1.56. The first-order chi connectivity index (χ1) is 13.2. The van der Waals surface area contributed by atoms with Gasteiger partial charge in [0.25, 0.3) is 5.91 Å². The van der Waals surface area contributed by atoms with Crippen LogP contribution in [0.15, 0.2) is 59.3 Å². The van der Waals surface area contributed by atoms with Crippen molar-refractivity contribution in [3.63, 3.8) is 0 Å². The quantitative estimate of drug-likeness (QED) is 0.694. The molecular weight excluding hydrogens is 340 g/mol. The molecule has 0 aliphatic carbocycles. The Morgan fingerprint density at radius 2 is 1.93 bits per heavy atom. The Balaban J connectivity index is 1.47. The molecule has 1 aliphatic rings. The summed E-state index contributed by atoms with van der Waals surface area (Å²) in [6, 6.07) is 15.5. The van der Waals surface area contributed by atoms with Gasteiger partial charge in [0.2, 0.25) is 0 Å². The zero-order valence-corrected chi connectivity index (χ0v) is 15.3. The van der Waals surface area contributed by atoms with Crippen LogP contribution in [-0.2, 0) is 6.54 Å². The predicted octanol–water partition coefficient (Wildman–Crippen LogP) is 3.61. The molecule has 6 heteroatoms. The van der Waals surface area contributed by atoms with Gasteiger partial charge in [0, 0.05) is 43.5 Å². The highest BCUT2D eigenvalue weighted by Crippen LogP contribution is 2.21. The summed E-state index contributed by atoms with van der Waals surface area (Å²) < 4.78 is 5.48. The first kappa shape index (κ1) is 17.3. The van der Waals surface area contributed by atoms with Crippen molar-refractivity contribution < 1.29 is 9.32 Å². The maximum absolute atomic E-state index is 12.6. The van der Waals surface area contributed by atoms with E-state index < -0.39 is 0 Å². The number of hydrogen-bond acceptors (Lipinski definition) is 5. The highest BCUT2D eigenvalue weighted by molar-refractivity contribution is 5.95. The number of carbonyl (C=O) groups excluding carboxylic acids is 1. The first-order valence-corrected chi connectivity index (χ1v) is 9.18. The van der Waals surface area contributed by atoms with E-state index in [1.165, 1.54) is 0 Å². The average molecular weight is 362 g/mol. The molecular formula is C21H22N4O2. The minimum Gasteiger partial charge on any atom is -0.359 e. The monoisotopic (exact) mass is 362 g/mol. The Morgan fingerprint density at radius 3 is 2.70 bits per heavy atom. The van der Waals surface area contributed by atoms with Crippen molar-refractivity contribution in [2.24, 2.45) is 0 Å². The fourth-order valence-electron chi connectivity index (χ4n) is 3.31. The first-order valence-electron chi connectivity index (χ1n) is 9.18. The summed E-state index contributed by atoms with van der Waals surface area (Å²) in [4.78, 5) is 20.9. The second kappa shape index (κ2) is 7.61. The third kappa shape index (κ3) is 3.84. The molecule has 3 heterocycles. The van der Waals surface area contributed by atoms with Crippen molar-refractivity contribution in [2.75, 3.05) is 25.0 Å². The van der Waals surface area contributed by atoms with Gasteiger partial charge in [-0.2, -0.15) is 0 Å². The number of nitrogens with zero attached hydrogens (tertiary/aromatic N) is 4. The summed E-state index contributed by atoms with van der Waals surface area (Å²) >= 11 is 0. The summed E-state index contributed by atoms with van der Waals surface area (Å²) in [5, 5.41) is 4.15. The normalized spacial score (nSPS) is 13.7. The van der Waals surface area contributed by atoms with Crippen molar-refractivity contribution >= 4 is 11.7 Å². The molecule has 6 nitrogen and oxygen atoms in total. The molecule has 0 N–H and O–H groups in total. The summed E-state index contributed by atoms with van der Waals surface area (Å²) in [6.45, 7) is 2.20. The highest BCUT2D eigenvalue weighted by Gasteiger charge is 2.20. The van der Waals surface area contributed by atoms with Gasteiger partial charge in [-0.25, -0.2) is 4.98 Å². The lowest BCUT2D eigenvalue weighted by molar-refractivity contribution is 0.0792. The van der Waals surface area contributed by atoms with Crippen LogP contribution in [0.25, 0.3) is 11.3 Å². The van der Waals surface area contributed by atoms with E-state index in [0.29, 0.717) is 12.1 Å². The van der Waals surface area contributed by atoms with E-state index in [0.717, 1.165) is 48.8 Å². The zero-order valence-electron chi connectivity index (χ0n) is 15.3. The second-order valence-corrected chi connectivity index (χ2v) is 6.80. The lowest BCUT2D eigenvalue weighted by Crippen LogP contribution is -2.28. The van der Waals surface area contributed by atoms with E-state index in [-0.39, 0.29) is 5.91 Å². The van der Waals surface area contributed by atoms with Crippen molar-refractivity contribution in [3.05, 3.63) is 66.1 Å². The summed E-state index contributed by atoms with van der Waals surface area (Å²) in [6.07, 6.45) is 3.85. The minimum atomic E-state index is 0.0792. The fourth-order valence-corrected chi connectivity index (χ4v) is 3.31. The van der Waals surface area contributed by atoms with Crippen LogP contribution in [0.2, 0.25) is 0 Å². The van der Waals surface area contributed by atoms with Gasteiger partial charge in [-0.05, 0) is 25.0 Å². The predicted molar refractivity (Wildman–Crippen MR) is 103 cm³/mol. The van der Waals surface area contributed by atoms with Gasteiger partial charge < -0.3 is 14.3 Å². The van der Waals surface area contributed by atoms with E-state index in [1.54, 1.807) is 12.3 Å². The molecule has 1 fully saturated rings. The van der Waals surface area contributed by atoms with E-state index >= 15 is 0 Å². The van der Waals surface area contributed by atoms with Gasteiger partial charge in [-0.1, -0.05) is 35.5 Å². The minimum absolute atomic E-state index is 0.0792. The average Bonchev–Trinajstić information content (AvgIpc) is 3.40. The molecule has 1 aliphatic heterocycles. The maximum atomic E-state index is 12.6. The van der Waals surface area contributed by atoms with Crippen LogP contribution in [0.5, 0.6) is 0 Å². The number of pyridine rings is 1. The van der Waals surface area contributed by atoms with Crippen molar-refractivity contribution in [2.45, 2.75) is 19.4 Å². The van der Waals surface area contributed by atoms with Crippen LogP contribution in [-0.4, -0.2) is 41.1 Å². The maximum Gasteiger partial charge on any atom is 0.254 e.